The molecule has 1 heterocycles. The second-order valence-electron chi connectivity index (χ2n) is 8.22. The first-order valence-corrected chi connectivity index (χ1v) is 10.7. The number of amides is 2. The highest BCUT2D eigenvalue weighted by Crippen LogP contribution is 2.44. The number of rotatable bonds is 6. The van der Waals surface area contributed by atoms with E-state index in [1.54, 1.807) is 4.90 Å². The predicted molar refractivity (Wildman–Crippen MR) is 119 cm³/mol. The monoisotopic (exact) mass is 434 g/mol. The summed E-state index contributed by atoms with van der Waals surface area (Å²) < 4.78 is 5.49. The van der Waals surface area contributed by atoms with E-state index in [-0.39, 0.29) is 12.5 Å². The Labute approximate surface area is 186 Å². The molecule has 2 aromatic carbocycles. The largest absolute Gasteiger partial charge is 0.481 e. The van der Waals surface area contributed by atoms with Gasteiger partial charge in [0.05, 0.1) is 6.42 Å². The molecule has 0 radical (unpaired) electrons. The van der Waals surface area contributed by atoms with Crippen molar-refractivity contribution in [1.29, 1.82) is 0 Å². The minimum atomic E-state index is -1.17. The Morgan fingerprint density at radius 1 is 1.09 bits per heavy atom. The van der Waals surface area contributed by atoms with E-state index in [4.69, 9.17) is 4.74 Å². The maximum Gasteiger partial charge on any atom is 0.407 e. The summed E-state index contributed by atoms with van der Waals surface area (Å²) >= 11 is 0. The first-order chi connectivity index (χ1) is 15.4. The van der Waals surface area contributed by atoms with Gasteiger partial charge in [-0.1, -0.05) is 60.2 Å². The van der Waals surface area contributed by atoms with Crippen LogP contribution in [0, 0.1) is 0 Å². The van der Waals surface area contributed by atoms with Crippen molar-refractivity contribution in [2.24, 2.45) is 0 Å². The molecule has 2 aliphatic rings. The average Bonchev–Trinajstić information content (AvgIpc) is 3.10. The molecule has 32 heavy (non-hydrogen) atoms. The molecule has 4 rings (SSSR count). The molecule has 0 saturated carbocycles. The number of fused-ring (bicyclic) bond motifs is 3. The molecule has 2 N–H and O–H groups in total. The van der Waals surface area contributed by atoms with E-state index in [2.05, 4.69) is 11.4 Å². The van der Waals surface area contributed by atoms with Gasteiger partial charge in [0.1, 0.15) is 12.6 Å². The maximum atomic E-state index is 12.9. The minimum Gasteiger partial charge on any atom is -0.481 e. The summed E-state index contributed by atoms with van der Waals surface area (Å²) in [6, 6.07) is 14.8. The molecule has 7 heteroatoms. The number of carboxylic acids is 1. The van der Waals surface area contributed by atoms with Crippen LogP contribution in [0.2, 0.25) is 0 Å². The molecule has 0 aromatic heterocycles. The highest BCUT2D eigenvalue weighted by atomic mass is 16.5. The average molecular weight is 434 g/mol. The highest BCUT2D eigenvalue weighted by Gasteiger charge is 2.32. The van der Waals surface area contributed by atoms with Gasteiger partial charge in [-0.25, -0.2) is 4.79 Å². The Morgan fingerprint density at radius 3 is 2.31 bits per heavy atom. The molecule has 2 aromatic rings. The van der Waals surface area contributed by atoms with Gasteiger partial charge in [0.15, 0.2) is 0 Å². The van der Waals surface area contributed by atoms with Crippen molar-refractivity contribution in [3.8, 4) is 11.1 Å². The van der Waals surface area contributed by atoms with Crippen molar-refractivity contribution >= 4 is 18.0 Å². The van der Waals surface area contributed by atoms with Gasteiger partial charge >= 0.3 is 12.1 Å². The summed E-state index contributed by atoms with van der Waals surface area (Å²) in [5, 5.41) is 11.7. The van der Waals surface area contributed by atoms with Crippen LogP contribution in [0.15, 0.2) is 60.2 Å². The van der Waals surface area contributed by atoms with E-state index < -0.39 is 30.4 Å². The van der Waals surface area contributed by atoms with Crippen LogP contribution in [0.3, 0.4) is 0 Å². The highest BCUT2D eigenvalue weighted by molar-refractivity contribution is 5.89. The third-order valence-electron chi connectivity index (χ3n) is 5.96. The standard InChI is InChI=1S/C25H26N2O5/c1-16-7-6-12-27(14-16)24(30)22(13-23(28)29)26-25(31)32-15-21-19-10-4-2-8-17(19)18-9-3-5-11-20(18)21/h2-5,7-11,21-22H,6,12-15H2,1H3,(H,26,31)(H,28,29). The lowest BCUT2D eigenvalue weighted by molar-refractivity contribution is -0.142. The van der Waals surface area contributed by atoms with Gasteiger partial charge < -0.3 is 20.1 Å². The first kappa shape index (κ1) is 21.6. The van der Waals surface area contributed by atoms with E-state index in [1.807, 2.05) is 55.5 Å². The number of carboxylic acid groups (broad SMARTS) is 1. The lowest BCUT2D eigenvalue weighted by Crippen LogP contribution is -2.51. The number of hydrogen-bond acceptors (Lipinski definition) is 4. The fourth-order valence-electron chi connectivity index (χ4n) is 4.48. The Hall–Kier alpha value is -3.61. The van der Waals surface area contributed by atoms with Crippen LogP contribution < -0.4 is 5.32 Å². The fourth-order valence-corrected chi connectivity index (χ4v) is 4.48. The van der Waals surface area contributed by atoms with E-state index in [1.165, 1.54) is 0 Å². The lowest BCUT2D eigenvalue weighted by Gasteiger charge is -2.29. The Bertz CT molecular complexity index is 1030. The van der Waals surface area contributed by atoms with Crippen LogP contribution in [-0.2, 0) is 14.3 Å². The zero-order valence-electron chi connectivity index (χ0n) is 17.9. The molecule has 1 aliphatic carbocycles. The lowest BCUT2D eigenvalue weighted by atomic mass is 9.98. The van der Waals surface area contributed by atoms with Crippen LogP contribution >= 0.6 is 0 Å². The second kappa shape index (κ2) is 9.26. The van der Waals surface area contributed by atoms with Crippen molar-refractivity contribution in [3.63, 3.8) is 0 Å². The number of carbonyl (C=O) groups excluding carboxylic acids is 2. The molecular formula is C25H26N2O5. The molecule has 7 nitrogen and oxygen atoms in total. The molecule has 2 amide bonds. The van der Waals surface area contributed by atoms with Gasteiger partial charge in [-0.3, -0.25) is 9.59 Å². The van der Waals surface area contributed by atoms with Crippen LogP contribution in [-0.4, -0.2) is 53.7 Å². The van der Waals surface area contributed by atoms with Crippen molar-refractivity contribution in [2.75, 3.05) is 19.7 Å². The number of carbonyl (C=O) groups is 3. The normalized spacial score (nSPS) is 15.9. The van der Waals surface area contributed by atoms with Gasteiger partial charge in [0, 0.05) is 19.0 Å². The second-order valence-corrected chi connectivity index (χ2v) is 8.22. The number of aliphatic carboxylic acids is 1. The number of nitrogens with zero attached hydrogens (tertiary/aromatic N) is 1. The van der Waals surface area contributed by atoms with Gasteiger partial charge in [-0.05, 0) is 35.6 Å². The Morgan fingerprint density at radius 2 is 1.72 bits per heavy atom. The predicted octanol–water partition coefficient (Wildman–Crippen LogP) is 3.55. The Kier molecular flexibility index (Phi) is 6.25. The summed E-state index contributed by atoms with van der Waals surface area (Å²) in [5.41, 5.74) is 5.43. The minimum absolute atomic E-state index is 0.0966. The first-order valence-electron chi connectivity index (χ1n) is 10.7. The zero-order chi connectivity index (χ0) is 22.7. The third kappa shape index (κ3) is 4.51. The van der Waals surface area contributed by atoms with Crippen molar-refractivity contribution in [2.45, 2.75) is 31.7 Å². The molecule has 0 saturated heterocycles. The molecule has 166 valence electrons. The van der Waals surface area contributed by atoms with Crippen LogP contribution in [0.1, 0.15) is 36.8 Å². The molecular weight excluding hydrogens is 408 g/mol. The summed E-state index contributed by atoms with van der Waals surface area (Å²) in [4.78, 5) is 38.3. The number of benzene rings is 2. The molecule has 0 bridgehead atoms. The van der Waals surface area contributed by atoms with Crippen LogP contribution in [0.4, 0.5) is 4.79 Å². The van der Waals surface area contributed by atoms with Crippen LogP contribution in [0.25, 0.3) is 11.1 Å². The van der Waals surface area contributed by atoms with Gasteiger partial charge in [0.2, 0.25) is 5.91 Å². The zero-order valence-corrected chi connectivity index (χ0v) is 17.9. The molecule has 1 unspecified atom stereocenters. The maximum absolute atomic E-state index is 12.9. The number of alkyl carbamates (subject to hydrolysis) is 1. The van der Waals surface area contributed by atoms with E-state index >= 15 is 0 Å². The topological polar surface area (TPSA) is 95.9 Å². The SMILES string of the molecule is CC1=CCCN(C(=O)C(CC(=O)O)NC(=O)OCC2c3ccccc3-c3ccccc32)C1. The summed E-state index contributed by atoms with van der Waals surface area (Å²) in [7, 11) is 0. The molecule has 1 aliphatic heterocycles. The number of hydrogen-bond donors (Lipinski definition) is 2. The Balaban J connectivity index is 1.43. The van der Waals surface area contributed by atoms with Crippen molar-refractivity contribution in [3.05, 3.63) is 71.3 Å². The van der Waals surface area contributed by atoms with Crippen LogP contribution in [0.5, 0.6) is 0 Å². The van der Waals surface area contributed by atoms with E-state index in [0.29, 0.717) is 19.5 Å². The quantitative estimate of drug-likeness (QED) is 0.678. The smallest absolute Gasteiger partial charge is 0.407 e. The van der Waals surface area contributed by atoms with E-state index in [9.17, 15) is 19.5 Å². The van der Waals surface area contributed by atoms with Gasteiger partial charge in [-0.2, -0.15) is 0 Å². The molecule has 0 fully saturated rings. The van der Waals surface area contributed by atoms with Crippen molar-refractivity contribution < 1.29 is 24.2 Å². The molecule has 0 spiro atoms. The molecule has 1 atom stereocenters. The van der Waals surface area contributed by atoms with E-state index in [0.717, 1.165) is 27.8 Å². The van der Waals surface area contributed by atoms with Crippen molar-refractivity contribution in [1.82, 2.24) is 10.2 Å². The number of ether oxygens (including phenoxy) is 1. The number of nitrogens with one attached hydrogen (secondary N) is 1. The summed E-state index contributed by atoms with van der Waals surface area (Å²) in [6.45, 7) is 2.95. The van der Waals surface area contributed by atoms with Gasteiger partial charge in [-0.15, -0.1) is 0 Å². The summed E-state index contributed by atoms with van der Waals surface area (Å²) in [6.07, 6.45) is 1.47. The van der Waals surface area contributed by atoms with Gasteiger partial charge in [0.25, 0.3) is 0 Å². The fraction of sp³-hybridized carbons (Fsp3) is 0.320. The summed E-state index contributed by atoms with van der Waals surface area (Å²) in [5.74, 6) is -1.68. The third-order valence-corrected chi connectivity index (χ3v) is 5.96.